The molecule has 0 bridgehead atoms. The Kier molecular flexibility index (Phi) is 5.81. The Bertz CT molecular complexity index is 1150. The maximum atomic E-state index is 9.87. The molecule has 2 aromatic rings. The molecule has 8 nitrogen and oxygen atoms in total. The van der Waals surface area contributed by atoms with Gasteiger partial charge in [-0.2, -0.15) is 5.26 Å². The number of allylic oxidation sites excluding steroid dienone is 2. The molecule has 1 saturated heterocycles. The number of hydrogen-bond donors (Lipinski definition) is 4. The zero-order chi connectivity index (χ0) is 23.0. The van der Waals surface area contributed by atoms with E-state index in [2.05, 4.69) is 26.6 Å². The molecule has 3 aliphatic rings. The number of likely N-dealkylation sites (N-methyl/N-ethyl adjacent to an activating group) is 1. The van der Waals surface area contributed by atoms with Crippen molar-refractivity contribution in [3.63, 3.8) is 0 Å². The van der Waals surface area contributed by atoms with Crippen LogP contribution in [0.1, 0.15) is 53.8 Å². The maximum absolute atomic E-state index is 9.87. The number of anilines is 2. The molecule has 1 aliphatic heterocycles. The number of nitriles is 1. The minimum absolute atomic E-state index is 0.268. The van der Waals surface area contributed by atoms with Gasteiger partial charge in [-0.15, -0.1) is 11.3 Å². The standard InChI is InChI=1S/C24H30N8S/c1-28-21-15(5-8-24(21)7-2-4-18-19(24)16(14-25)22(27)33-18)20(26)17-6-10-30-23(31-17)32-12-3-9-29-11-13-32/h6,10,26,28-29H,2-5,7-9,11-13,27H2,1H3. The van der Waals surface area contributed by atoms with E-state index >= 15 is 0 Å². The van der Waals surface area contributed by atoms with Gasteiger partial charge in [-0.25, -0.2) is 9.97 Å². The number of nitrogens with one attached hydrogen (secondary N) is 3. The zero-order valence-corrected chi connectivity index (χ0v) is 19.8. The van der Waals surface area contributed by atoms with E-state index in [0.29, 0.717) is 27.9 Å². The average molecular weight is 463 g/mol. The first-order valence-corrected chi connectivity index (χ1v) is 12.5. The Morgan fingerprint density at radius 1 is 1.30 bits per heavy atom. The Labute approximate surface area is 198 Å². The van der Waals surface area contributed by atoms with Gasteiger partial charge in [0.2, 0.25) is 5.95 Å². The van der Waals surface area contributed by atoms with E-state index in [0.717, 1.165) is 81.5 Å². The van der Waals surface area contributed by atoms with Crippen LogP contribution >= 0.6 is 11.3 Å². The van der Waals surface area contributed by atoms with Gasteiger partial charge >= 0.3 is 0 Å². The topological polar surface area (TPSA) is 127 Å². The zero-order valence-electron chi connectivity index (χ0n) is 19.0. The molecule has 0 saturated carbocycles. The number of thiophene rings is 1. The van der Waals surface area contributed by atoms with E-state index in [1.165, 1.54) is 4.88 Å². The van der Waals surface area contributed by atoms with Gasteiger partial charge in [-0.1, -0.05) is 0 Å². The monoisotopic (exact) mass is 462 g/mol. The molecular formula is C24H30N8S. The summed E-state index contributed by atoms with van der Waals surface area (Å²) in [6.07, 6.45) is 7.47. The molecule has 1 spiro atoms. The van der Waals surface area contributed by atoms with Crippen molar-refractivity contribution in [1.82, 2.24) is 20.6 Å². The number of rotatable bonds is 4. The molecule has 0 amide bonds. The van der Waals surface area contributed by atoms with E-state index in [1.54, 1.807) is 17.5 Å². The summed E-state index contributed by atoms with van der Waals surface area (Å²) in [7, 11) is 1.93. The third-order valence-electron chi connectivity index (χ3n) is 7.26. The van der Waals surface area contributed by atoms with Crippen molar-refractivity contribution in [3.8, 4) is 6.07 Å². The summed E-state index contributed by atoms with van der Waals surface area (Å²) in [4.78, 5) is 12.7. The summed E-state index contributed by atoms with van der Waals surface area (Å²) in [5.41, 5.74) is 10.9. The van der Waals surface area contributed by atoms with Crippen LogP contribution in [-0.2, 0) is 11.8 Å². The second-order valence-electron chi connectivity index (χ2n) is 9.00. The Hall–Kier alpha value is -2.96. The van der Waals surface area contributed by atoms with Crippen LogP contribution in [0.5, 0.6) is 0 Å². The van der Waals surface area contributed by atoms with E-state index in [9.17, 15) is 5.26 Å². The minimum Gasteiger partial charge on any atom is -0.390 e. The molecule has 1 unspecified atom stereocenters. The van der Waals surface area contributed by atoms with E-state index < -0.39 is 0 Å². The summed E-state index contributed by atoms with van der Waals surface area (Å²) in [6, 6.07) is 4.21. The Balaban J connectivity index is 1.54. The smallest absolute Gasteiger partial charge is 0.225 e. The number of aromatic nitrogens is 2. The van der Waals surface area contributed by atoms with Gasteiger partial charge in [0.15, 0.2) is 0 Å². The minimum atomic E-state index is -0.268. The second kappa shape index (κ2) is 8.76. The second-order valence-corrected chi connectivity index (χ2v) is 10.1. The number of nitrogen functional groups attached to an aromatic ring is 1. The molecule has 0 radical (unpaired) electrons. The third kappa shape index (κ3) is 3.58. The normalized spacial score (nSPS) is 22.7. The molecule has 172 valence electrons. The number of fused-ring (bicyclic) bond motifs is 2. The Morgan fingerprint density at radius 2 is 2.18 bits per heavy atom. The number of nitrogens with two attached hydrogens (primary N) is 1. The fraction of sp³-hybridized carbons (Fsp3) is 0.500. The molecule has 1 atom stereocenters. The van der Waals surface area contributed by atoms with Gasteiger partial charge in [0, 0.05) is 48.9 Å². The molecule has 1 fully saturated rings. The van der Waals surface area contributed by atoms with Crippen molar-refractivity contribution < 1.29 is 0 Å². The first-order chi connectivity index (χ1) is 16.1. The molecule has 3 heterocycles. The van der Waals surface area contributed by atoms with Crippen LogP contribution in [-0.4, -0.2) is 48.9 Å². The van der Waals surface area contributed by atoms with Crippen LogP contribution in [0.4, 0.5) is 10.9 Å². The molecule has 5 rings (SSSR count). The van der Waals surface area contributed by atoms with Crippen LogP contribution in [0.3, 0.4) is 0 Å². The fourth-order valence-electron chi connectivity index (χ4n) is 5.82. The maximum Gasteiger partial charge on any atom is 0.225 e. The highest BCUT2D eigenvalue weighted by molar-refractivity contribution is 7.16. The SMILES string of the molecule is CNC1=C(C(=N)c2ccnc(N3CCCNCC3)n2)CCC12CCCc1sc(N)c(C#N)c12. The first kappa shape index (κ1) is 21.9. The quantitative estimate of drug-likeness (QED) is 0.515. The van der Waals surface area contributed by atoms with Crippen LogP contribution < -0.4 is 21.3 Å². The lowest BCUT2D eigenvalue weighted by Gasteiger charge is -2.37. The fourth-order valence-corrected chi connectivity index (χ4v) is 6.99. The predicted molar refractivity (Wildman–Crippen MR) is 132 cm³/mol. The van der Waals surface area contributed by atoms with Gasteiger partial charge in [0.25, 0.3) is 0 Å². The Morgan fingerprint density at radius 3 is 3.00 bits per heavy atom. The van der Waals surface area contributed by atoms with Crippen LogP contribution in [0.2, 0.25) is 0 Å². The van der Waals surface area contributed by atoms with Crippen molar-refractivity contribution in [2.24, 2.45) is 0 Å². The van der Waals surface area contributed by atoms with Crippen molar-refractivity contribution >= 4 is 28.0 Å². The molecular weight excluding hydrogens is 432 g/mol. The van der Waals surface area contributed by atoms with E-state index in [-0.39, 0.29) is 5.41 Å². The molecule has 9 heteroatoms. The number of nitrogens with zero attached hydrogens (tertiary/aromatic N) is 4. The highest BCUT2D eigenvalue weighted by Crippen LogP contribution is 2.55. The van der Waals surface area contributed by atoms with Gasteiger partial charge in [0.1, 0.15) is 11.1 Å². The van der Waals surface area contributed by atoms with Crippen LogP contribution in [0.15, 0.2) is 23.5 Å². The average Bonchev–Trinajstić information content (AvgIpc) is 3.22. The highest BCUT2D eigenvalue weighted by atomic mass is 32.1. The summed E-state index contributed by atoms with van der Waals surface area (Å²) < 4.78 is 0. The lowest BCUT2D eigenvalue weighted by Crippen LogP contribution is -2.36. The lowest BCUT2D eigenvalue weighted by molar-refractivity contribution is 0.403. The van der Waals surface area contributed by atoms with Gasteiger partial charge < -0.3 is 21.3 Å². The molecule has 0 aromatic carbocycles. The molecule has 2 aromatic heterocycles. The summed E-state index contributed by atoms with van der Waals surface area (Å²) in [5.74, 6) is 0.692. The molecule has 33 heavy (non-hydrogen) atoms. The predicted octanol–water partition coefficient (Wildman–Crippen LogP) is 2.70. The number of hydrogen-bond acceptors (Lipinski definition) is 9. The van der Waals surface area contributed by atoms with Gasteiger partial charge in [0.05, 0.1) is 17.0 Å². The molecule has 2 aliphatic carbocycles. The summed E-state index contributed by atoms with van der Waals surface area (Å²) in [5, 5.41) is 26.4. The largest absolute Gasteiger partial charge is 0.390 e. The van der Waals surface area contributed by atoms with Crippen LogP contribution in [0.25, 0.3) is 0 Å². The molecule has 5 N–H and O–H groups in total. The van der Waals surface area contributed by atoms with Crippen molar-refractivity contribution in [1.29, 1.82) is 10.7 Å². The van der Waals surface area contributed by atoms with Crippen molar-refractivity contribution in [2.45, 2.75) is 43.9 Å². The van der Waals surface area contributed by atoms with Gasteiger partial charge in [-0.3, -0.25) is 5.41 Å². The van der Waals surface area contributed by atoms with E-state index in [1.807, 2.05) is 13.1 Å². The van der Waals surface area contributed by atoms with E-state index in [4.69, 9.17) is 16.1 Å². The van der Waals surface area contributed by atoms with Gasteiger partial charge in [-0.05, 0) is 62.3 Å². The third-order valence-corrected chi connectivity index (χ3v) is 8.34. The highest BCUT2D eigenvalue weighted by Gasteiger charge is 2.48. The summed E-state index contributed by atoms with van der Waals surface area (Å²) in [6.45, 7) is 3.70. The lowest BCUT2D eigenvalue weighted by atomic mass is 9.69. The van der Waals surface area contributed by atoms with Crippen LogP contribution in [0, 0.1) is 16.7 Å². The van der Waals surface area contributed by atoms with Crippen molar-refractivity contribution in [2.75, 3.05) is 43.9 Å². The van der Waals surface area contributed by atoms with Crippen molar-refractivity contribution in [3.05, 3.63) is 45.2 Å². The first-order valence-electron chi connectivity index (χ1n) is 11.7. The number of aryl methyl sites for hydroxylation is 1. The summed E-state index contributed by atoms with van der Waals surface area (Å²) >= 11 is 1.56.